The molecule has 0 unspecified atom stereocenters. The van der Waals surface area contributed by atoms with Crippen LogP contribution in [0.4, 0.5) is 0 Å². The first-order valence-corrected chi connectivity index (χ1v) is 7.65. The molecule has 1 N–H and O–H groups in total. The first kappa shape index (κ1) is 16.1. The molecular formula is C18H14ClN3O2. The highest BCUT2D eigenvalue weighted by Gasteiger charge is 2.07. The lowest BCUT2D eigenvalue weighted by Crippen LogP contribution is -2.23. The maximum atomic E-state index is 12.1. The van der Waals surface area contributed by atoms with Crippen LogP contribution in [0.5, 0.6) is 0 Å². The lowest BCUT2D eigenvalue weighted by atomic mass is 10.1. The van der Waals surface area contributed by atoms with E-state index in [1.807, 2.05) is 30.3 Å². The van der Waals surface area contributed by atoms with Crippen LogP contribution in [0.1, 0.15) is 15.9 Å². The van der Waals surface area contributed by atoms with Gasteiger partial charge in [-0.15, -0.1) is 0 Å². The molecule has 0 aliphatic rings. The van der Waals surface area contributed by atoms with Crippen molar-refractivity contribution in [3.8, 4) is 11.3 Å². The number of nitrogens with zero attached hydrogens (tertiary/aromatic N) is 2. The van der Waals surface area contributed by atoms with Crippen LogP contribution in [0.25, 0.3) is 11.3 Å². The molecule has 3 aromatic rings. The second kappa shape index (κ2) is 7.68. The lowest BCUT2D eigenvalue weighted by molar-refractivity contribution is 0.0233. The summed E-state index contributed by atoms with van der Waals surface area (Å²) in [7, 11) is 0. The Morgan fingerprint density at radius 1 is 1.04 bits per heavy atom. The topological polar surface area (TPSA) is 64.1 Å². The van der Waals surface area contributed by atoms with Crippen molar-refractivity contribution in [3.63, 3.8) is 0 Å². The smallest absolute Gasteiger partial charge is 0.269 e. The predicted molar refractivity (Wildman–Crippen MR) is 91.2 cm³/mol. The Kier molecular flexibility index (Phi) is 5.15. The third-order valence-electron chi connectivity index (χ3n) is 3.32. The van der Waals surface area contributed by atoms with Gasteiger partial charge in [-0.3, -0.25) is 9.63 Å². The molecule has 24 heavy (non-hydrogen) atoms. The number of hydrogen-bond donors (Lipinski definition) is 1. The zero-order valence-corrected chi connectivity index (χ0v) is 13.4. The summed E-state index contributed by atoms with van der Waals surface area (Å²) in [6.07, 6.45) is 1.59. The van der Waals surface area contributed by atoms with Crippen molar-refractivity contribution in [2.24, 2.45) is 0 Å². The number of aromatic nitrogens is 2. The van der Waals surface area contributed by atoms with Gasteiger partial charge in [0, 0.05) is 17.3 Å². The normalized spacial score (nSPS) is 10.4. The summed E-state index contributed by atoms with van der Waals surface area (Å²) in [5.74, 6) is -0.307. The number of amides is 1. The largest absolute Gasteiger partial charge is 0.274 e. The monoisotopic (exact) mass is 339 g/mol. The van der Waals surface area contributed by atoms with Crippen molar-refractivity contribution in [1.29, 1.82) is 0 Å². The summed E-state index contributed by atoms with van der Waals surface area (Å²) >= 11 is 5.78. The van der Waals surface area contributed by atoms with Gasteiger partial charge in [0.1, 0.15) is 0 Å². The van der Waals surface area contributed by atoms with Crippen LogP contribution in [0.15, 0.2) is 66.9 Å². The number of hydrogen-bond acceptors (Lipinski definition) is 4. The summed E-state index contributed by atoms with van der Waals surface area (Å²) < 4.78 is 0. The highest BCUT2D eigenvalue weighted by atomic mass is 35.5. The molecule has 1 aromatic heterocycles. The van der Waals surface area contributed by atoms with Gasteiger partial charge >= 0.3 is 0 Å². The number of benzene rings is 2. The molecule has 6 heteroatoms. The van der Waals surface area contributed by atoms with E-state index in [9.17, 15) is 4.79 Å². The first-order valence-electron chi connectivity index (χ1n) is 7.27. The molecule has 0 radical (unpaired) electrons. The molecule has 5 nitrogen and oxygen atoms in total. The Labute approximate surface area is 144 Å². The van der Waals surface area contributed by atoms with Crippen LogP contribution >= 0.6 is 11.6 Å². The SMILES string of the molecule is O=C(NOCc1ccccc1)c1ccc(-c2ccnc(Cl)n2)cc1. The van der Waals surface area contributed by atoms with Gasteiger partial charge in [-0.25, -0.2) is 15.4 Å². The van der Waals surface area contributed by atoms with E-state index in [1.165, 1.54) is 0 Å². The van der Waals surface area contributed by atoms with Crippen molar-refractivity contribution < 1.29 is 9.63 Å². The molecular weight excluding hydrogens is 326 g/mol. The van der Waals surface area contributed by atoms with Gasteiger partial charge in [-0.1, -0.05) is 42.5 Å². The van der Waals surface area contributed by atoms with Gasteiger partial charge in [-0.2, -0.15) is 0 Å². The predicted octanol–water partition coefficient (Wildman–Crippen LogP) is 3.66. The van der Waals surface area contributed by atoms with Gasteiger partial charge < -0.3 is 0 Å². The molecule has 1 amide bonds. The molecule has 0 bridgehead atoms. The van der Waals surface area contributed by atoms with Crippen molar-refractivity contribution in [1.82, 2.24) is 15.4 Å². The maximum Gasteiger partial charge on any atom is 0.274 e. The molecule has 0 fully saturated rings. The minimum atomic E-state index is -0.307. The van der Waals surface area contributed by atoms with Crippen LogP contribution in [-0.4, -0.2) is 15.9 Å². The van der Waals surface area contributed by atoms with Crippen LogP contribution < -0.4 is 5.48 Å². The van der Waals surface area contributed by atoms with E-state index in [1.54, 1.807) is 36.5 Å². The molecule has 120 valence electrons. The minimum absolute atomic E-state index is 0.184. The van der Waals surface area contributed by atoms with Gasteiger partial charge in [0.25, 0.3) is 5.91 Å². The van der Waals surface area contributed by atoms with Crippen molar-refractivity contribution >= 4 is 17.5 Å². The summed E-state index contributed by atoms with van der Waals surface area (Å²) in [6, 6.07) is 18.4. The minimum Gasteiger partial charge on any atom is -0.269 e. The molecule has 2 aromatic carbocycles. The number of rotatable bonds is 5. The second-order valence-electron chi connectivity index (χ2n) is 4.99. The third-order valence-corrected chi connectivity index (χ3v) is 3.50. The third kappa shape index (κ3) is 4.16. The fourth-order valence-corrected chi connectivity index (χ4v) is 2.25. The van der Waals surface area contributed by atoms with E-state index in [-0.39, 0.29) is 11.2 Å². The molecule has 0 aliphatic heterocycles. The van der Waals surface area contributed by atoms with Crippen molar-refractivity contribution in [2.75, 3.05) is 0 Å². The number of hydroxylamine groups is 1. The molecule has 3 rings (SSSR count). The second-order valence-corrected chi connectivity index (χ2v) is 5.33. The van der Waals surface area contributed by atoms with Gasteiger partial charge in [0.2, 0.25) is 5.28 Å². The molecule has 0 spiro atoms. The van der Waals surface area contributed by atoms with E-state index in [0.29, 0.717) is 17.9 Å². The summed E-state index contributed by atoms with van der Waals surface area (Å²) in [5.41, 5.74) is 5.45. The van der Waals surface area contributed by atoms with Crippen molar-refractivity contribution in [2.45, 2.75) is 6.61 Å². The quantitative estimate of drug-likeness (QED) is 0.569. The number of nitrogens with one attached hydrogen (secondary N) is 1. The summed E-state index contributed by atoms with van der Waals surface area (Å²) in [4.78, 5) is 25.3. The number of carbonyl (C=O) groups is 1. The van der Waals surface area contributed by atoms with Gasteiger partial charge in [-0.05, 0) is 35.4 Å². The fraction of sp³-hybridized carbons (Fsp3) is 0.0556. The van der Waals surface area contributed by atoms with Gasteiger partial charge in [0.05, 0.1) is 12.3 Å². The van der Waals surface area contributed by atoms with Crippen LogP contribution in [-0.2, 0) is 11.4 Å². The standard InChI is InChI=1S/C18H14ClN3O2/c19-18-20-11-10-16(21-18)14-6-8-15(9-7-14)17(23)22-24-12-13-4-2-1-3-5-13/h1-11H,12H2,(H,22,23). The maximum absolute atomic E-state index is 12.1. The molecule has 0 saturated heterocycles. The van der Waals surface area contributed by atoms with E-state index < -0.39 is 0 Å². The Morgan fingerprint density at radius 2 is 1.79 bits per heavy atom. The highest BCUT2D eigenvalue weighted by Crippen LogP contribution is 2.18. The Morgan fingerprint density at radius 3 is 2.50 bits per heavy atom. The zero-order chi connectivity index (χ0) is 16.8. The number of carbonyl (C=O) groups excluding carboxylic acids is 1. The van der Waals surface area contributed by atoms with E-state index >= 15 is 0 Å². The molecule has 1 heterocycles. The average Bonchev–Trinajstić information content (AvgIpc) is 2.63. The van der Waals surface area contributed by atoms with Crippen LogP contribution in [0, 0.1) is 0 Å². The van der Waals surface area contributed by atoms with E-state index in [2.05, 4.69) is 15.4 Å². The average molecular weight is 340 g/mol. The number of halogens is 1. The Balaban J connectivity index is 1.59. The lowest BCUT2D eigenvalue weighted by Gasteiger charge is -2.07. The molecule has 0 atom stereocenters. The molecule has 0 aliphatic carbocycles. The van der Waals surface area contributed by atoms with Crippen molar-refractivity contribution in [3.05, 3.63) is 83.3 Å². The summed E-state index contributed by atoms with van der Waals surface area (Å²) in [5, 5.41) is 0.184. The van der Waals surface area contributed by atoms with E-state index in [4.69, 9.17) is 16.4 Å². The van der Waals surface area contributed by atoms with Gasteiger partial charge in [0.15, 0.2) is 0 Å². The Hall–Kier alpha value is -2.76. The van der Waals surface area contributed by atoms with E-state index in [0.717, 1.165) is 11.1 Å². The summed E-state index contributed by atoms with van der Waals surface area (Å²) in [6.45, 7) is 0.310. The highest BCUT2D eigenvalue weighted by molar-refractivity contribution is 6.28. The first-order chi connectivity index (χ1) is 11.7. The zero-order valence-electron chi connectivity index (χ0n) is 12.6. The molecule has 0 saturated carbocycles. The van der Waals surface area contributed by atoms with Crippen LogP contribution in [0.2, 0.25) is 5.28 Å². The fourth-order valence-electron chi connectivity index (χ4n) is 2.11. The Bertz CT molecular complexity index is 823. The van der Waals surface area contributed by atoms with Crippen LogP contribution in [0.3, 0.4) is 0 Å².